The highest BCUT2D eigenvalue weighted by Gasteiger charge is 2.70. The highest BCUT2D eigenvalue weighted by atomic mass is 31.0. The van der Waals surface area contributed by atoms with Gasteiger partial charge in [0.2, 0.25) is 0 Å². The Morgan fingerprint density at radius 2 is 1.70 bits per heavy atom. The number of hydrogen-bond acceptors (Lipinski definition) is 3. The Morgan fingerprint density at radius 3 is 2.05 bits per heavy atom. The fourth-order valence-electron chi connectivity index (χ4n) is 4.15. The van der Waals surface area contributed by atoms with E-state index in [9.17, 15) is 0 Å². The van der Waals surface area contributed by atoms with Crippen molar-refractivity contribution in [3.8, 4) is 0 Å². The zero-order valence-corrected chi connectivity index (χ0v) is 17.5. The van der Waals surface area contributed by atoms with E-state index in [0.29, 0.717) is 0 Å². The van der Waals surface area contributed by atoms with Crippen molar-refractivity contribution in [3.63, 3.8) is 0 Å². The first-order chi connectivity index (χ1) is 9.20. The maximum atomic E-state index is 6.28. The second-order valence-electron chi connectivity index (χ2n) is 7.02. The fourth-order valence-corrected chi connectivity index (χ4v) is 13.4. The molecule has 1 aliphatic heterocycles. The summed E-state index contributed by atoms with van der Waals surface area (Å²) in [6.07, 6.45) is 4.49. The number of ether oxygens (including phenoxy) is 1. The monoisotopic (exact) mass is 336 g/mol. The van der Waals surface area contributed by atoms with E-state index < -0.39 is 16.6 Å². The van der Waals surface area contributed by atoms with E-state index >= 15 is 0 Å². The van der Waals surface area contributed by atoms with Gasteiger partial charge in [-0.15, -0.1) is 9.24 Å². The van der Waals surface area contributed by atoms with Crippen molar-refractivity contribution in [1.82, 2.24) is 0 Å². The number of rotatable bonds is 6. The van der Waals surface area contributed by atoms with Crippen LogP contribution in [0.5, 0.6) is 0 Å². The zero-order valence-electron chi connectivity index (χ0n) is 14.3. The molecular formula is C14H33O3PSi2. The van der Waals surface area contributed by atoms with Crippen molar-refractivity contribution in [1.29, 1.82) is 0 Å². The van der Waals surface area contributed by atoms with Crippen LogP contribution in [0.2, 0.25) is 25.7 Å². The van der Waals surface area contributed by atoms with Gasteiger partial charge in [0.15, 0.2) is 0 Å². The van der Waals surface area contributed by atoms with E-state index in [2.05, 4.69) is 35.8 Å². The molecule has 1 fully saturated rings. The van der Waals surface area contributed by atoms with Gasteiger partial charge in [0.05, 0.1) is 8.07 Å². The molecule has 6 heteroatoms. The highest BCUT2D eigenvalue weighted by Crippen LogP contribution is 2.56. The second kappa shape index (κ2) is 6.47. The molecule has 0 aromatic rings. The summed E-state index contributed by atoms with van der Waals surface area (Å²) in [6, 6.07) is 1.04. The van der Waals surface area contributed by atoms with E-state index in [4.69, 9.17) is 13.6 Å². The molecule has 120 valence electrons. The Hall–Kier alpha value is 0.744. The lowest BCUT2D eigenvalue weighted by Gasteiger charge is -2.62. The summed E-state index contributed by atoms with van der Waals surface area (Å²) < 4.78 is 18.6. The summed E-state index contributed by atoms with van der Waals surface area (Å²) in [6.45, 7) is 9.56. The molecule has 0 saturated carbocycles. The zero-order chi connectivity index (χ0) is 15.7. The van der Waals surface area contributed by atoms with Crippen LogP contribution in [0.15, 0.2) is 0 Å². The minimum Gasteiger partial charge on any atom is -0.396 e. The van der Waals surface area contributed by atoms with Crippen LogP contribution >= 0.6 is 9.24 Å². The molecule has 0 N–H and O–H groups in total. The molecule has 0 bridgehead atoms. The van der Waals surface area contributed by atoms with Gasteiger partial charge >= 0.3 is 8.56 Å². The SMILES string of the molecule is CCCC1(OC)C(P)([Si](C)(C)C)CCC[Si]1(OC)OC. The van der Waals surface area contributed by atoms with Crippen molar-refractivity contribution >= 4 is 25.9 Å². The standard InChI is InChI=1S/C14H33O3PSi2/c1-8-10-13(15-2)14(18,19(5,6)7)11-9-12-20(13,16-3)17-4/h8-12,18H2,1-7H3. The van der Waals surface area contributed by atoms with Crippen LogP contribution in [0.3, 0.4) is 0 Å². The lowest BCUT2D eigenvalue weighted by molar-refractivity contribution is -0.0226. The van der Waals surface area contributed by atoms with Gasteiger partial charge in [-0.1, -0.05) is 39.4 Å². The average Bonchev–Trinajstić information content (AvgIpc) is 2.40. The summed E-state index contributed by atoms with van der Waals surface area (Å²) >= 11 is 0. The van der Waals surface area contributed by atoms with E-state index in [1.54, 1.807) is 0 Å². The molecule has 20 heavy (non-hydrogen) atoms. The van der Waals surface area contributed by atoms with Crippen LogP contribution in [0, 0.1) is 0 Å². The van der Waals surface area contributed by atoms with E-state index in [1.807, 2.05) is 21.3 Å². The molecule has 1 heterocycles. The van der Waals surface area contributed by atoms with Crippen LogP contribution in [0.25, 0.3) is 0 Å². The lowest BCUT2D eigenvalue weighted by Crippen LogP contribution is -2.79. The Labute approximate surface area is 129 Å². The third-order valence-corrected chi connectivity index (χ3v) is 17.0. The number of hydrogen-bond donors (Lipinski definition) is 0. The first-order valence-electron chi connectivity index (χ1n) is 7.64. The van der Waals surface area contributed by atoms with E-state index in [1.165, 1.54) is 12.8 Å². The third kappa shape index (κ3) is 2.48. The van der Waals surface area contributed by atoms with Gasteiger partial charge in [-0.3, -0.25) is 0 Å². The Balaban J connectivity index is 3.51. The minimum absolute atomic E-state index is 0.112. The second-order valence-corrected chi connectivity index (χ2v) is 17.6. The maximum Gasteiger partial charge on any atom is 0.371 e. The van der Waals surface area contributed by atoms with Crippen LogP contribution in [0.1, 0.15) is 32.6 Å². The molecule has 0 amide bonds. The molecule has 1 saturated heterocycles. The lowest BCUT2D eigenvalue weighted by atomic mass is 10.0. The van der Waals surface area contributed by atoms with Gasteiger partial charge in [-0.2, -0.15) is 0 Å². The molecular weight excluding hydrogens is 303 g/mol. The van der Waals surface area contributed by atoms with Crippen molar-refractivity contribution in [2.45, 2.75) is 68.3 Å². The average molecular weight is 337 g/mol. The van der Waals surface area contributed by atoms with Crippen molar-refractivity contribution < 1.29 is 13.6 Å². The molecule has 0 spiro atoms. The molecule has 0 aromatic carbocycles. The fraction of sp³-hybridized carbons (Fsp3) is 1.00. The van der Waals surface area contributed by atoms with Crippen LogP contribution in [0.4, 0.5) is 0 Å². The molecule has 1 aliphatic rings. The number of methoxy groups -OCH3 is 1. The highest BCUT2D eigenvalue weighted by molar-refractivity contribution is 7.28. The Kier molecular flexibility index (Phi) is 6.08. The first-order valence-corrected chi connectivity index (χ1v) is 13.7. The Bertz CT molecular complexity index is 331. The van der Waals surface area contributed by atoms with Gasteiger partial charge < -0.3 is 13.6 Å². The predicted molar refractivity (Wildman–Crippen MR) is 94.2 cm³/mol. The summed E-state index contributed by atoms with van der Waals surface area (Å²) in [4.78, 5) is 0. The molecule has 3 nitrogen and oxygen atoms in total. The molecule has 0 aromatic heterocycles. The van der Waals surface area contributed by atoms with Gasteiger partial charge in [0.25, 0.3) is 0 Å². The largest absolute Gasteiger partial charge is 0.396 e. The van der Waals surface area contributed by atoms with Crippen molar-refractivity contribution in [2.75, 3.05) is 21.3 Å². The minimum atomic E-state index is -2.38. The molecule has 0 aliphatic carbocycles. The topological polar surface area (TPSA) is 27.7 Å². The predicted octanol–water partition coefficient (Wildman–Crippen LogP) is 3.73. The quantitative estimate of drug-likeness (QED) is 0.546. The van der Waals surface area contributed by atoms with Crippen molar-refractivity contribution in [2.24, 2.45) is 0 Å². The summed E-state index contributed by atoms with van der Waals surface area (Å²) in [5, 5.41) is -0.258. The Morgan fingerprint density at radius 1 is 1.15 bits per heavy atom. The normalized spacial score (nSPS) is 34.2. The first kappa shape index (κ1) is 18.8. The smallest absolute Gasteiger partial charge is 0.371 e. The van der Waals surface area contributed by atoms with Gasteiger partial charge in [-0.25, -0.2) is 0 Å². The van der Waals surface area contributed by atoms with Crippen molar-refractivity contribution in [3.05, 3.63) is 0 Å². The summed E-state index contributed by atoms with van der Waals surface area (Å²) in [5.41, 5.74) is 0. The van der Waals surface area contributed by atoms with Crippen LogP contribution in [-0.2, 0) is 13.6 Å². The molecule has 0 radical (unpaired) electrons. The molecule has 3 unspecified atom stereocenters. The van der Waals surface area contributed by atoms with Gasteiger partial charge in [0, 0.05) is 26.1 Å². The van der Waals surface area contributed by atoms with Gasteiger partial charge in [-0.05, 0) is 18.9 Å². The summed E-state index contributed by atoms with van der Waals surface area (Å²) in [5.74, 6) is 0. The maximum absolute atomic E-state index is 6.28. The third-order valence-electron chi connectivity index (χ3n) is 5.36. The molecule has 3 atom stereocenters. The van der Waals surface area contributed by atoms with Gasteiger partial charge in [0.1, 0.15) is 5.22 Å². The molecule has 1 rings (SSSR count). The van der Waals surface area contributed by atoms with E-state index in [0.717, 1.165) is 18.9 Å². The van der Waals surface area contributed by atoms with Crippen LogP contribution in [-0.4, -0.2) is 48.0 Å². The van der Waals surface area contributed by atoms with Crippen LogP contribution < -0.4 is 0 Å². The van der Waals surface area contributed by atoms with E-state index in [-0.39, 0.29) is 10.0 Å². The summed E-state index contributed by atoms with van der Waals surface area (Å²) in [7, 11) is 4.84.